The zero-order chi connectivity index (χ0) is 15.4. The highest BCUT2D eigenvalue weighted by Gasteiger charge is 2.15. The molecule has 2 aromatic carbocycles. The van der Waals surface area contributed by atoms with E-state index < -0.39 is 11.7 Å². The van der Waals surface area contributed by atoms with Gasteiger partial charge in [-0.05, 0) is 30.3 Å². The average Bonchev–Trinajstić information content (AvgIpc) is 2.49. The van der Waals surface area contributed by atoms with Gasteiger partial charge in [-0.3, -0.25) is 9.59 Å². The fourth-order valence-electron chi connectivity index (χ4n) is 1.83. The summed E-state index contributed by atoms with van der Waals surface area (Å²) in [5, 5.41) is 4.99. The van der Waals surface area contributed by atoms with E-state index in [0.717, 1.165) is 6.07 Å². The number of nitrogens with two attached hydrogens (primary N) is 1. The molecule has 0 unspecified atom stereocenters. The van der Waals surface area contributed by atoms with Crippen molar-refractivity contribution in [1.82, 2.24) is 5.32 Å². The molecule has 0 aliphatic heterocycles. The molecule has 2 rings (SSSR count). The number of nitrogens with one attached hydrogen (secondary N) is 2. The Kier molecular flexibility index (Phi) is 4.18. The highest BCUT2D eigenvalue weighted by molar-refractivity contribution is 6.09. The van der Waals surface area contributed by atoms with Crippen LogP contribution in [0.4, 0.5) is 15.8 Å². The van der Waals surface area contributed by atoms with E-state index in [1.54, 1.807) is 24.3 Å². The minimum Gasteiger partial charge on any atom is -0.399 e. The van der Waals surface area contributed by atoms with Crippen molar-refractivity contribution in [2.75, 3.05) is 18.1 Å². The monoisotopic (exact) mass is 287 g/mol. The Balaban J connectivity index is 2.32. The highest BCUT2D eigenvalue weighted by Crippen LogP contribution is 2.18. The molecule has 0 saturated carbocycles. The number of carbonyl (C=O) groups excluding carboxylic acids is 2. The van der Waals surface area contributed by atoms with E-state index in [-0.39, 0.29) is 22.7 Å². The van der Waals surface area contributed by atoms with Crippen molar-refractivity contribution in [3.05, 3.63) is 59.4 Å². The maximum absolute atomic E-state index is 13.7. The third-order valence-corrected chi connectivity index (χ3v) is 2.88. The summed E-state index contributed by atoms with van der Waals surface area (Å²) in [6, 6.07) is 10.2. The van der Waals surface area contributed by atoms with Crippen molar-refractivity contribution in [1.29, 1.82) is 0 Å². The fraction of sp³-hybridized carbons (Fsp3) is 0.0667. The molecule has 0 aromatic heterocycles. The Morgan fingerprint density at radius 2 is 1.76 bits per heavy atom. The van der Waals surface area contributed by atoms with E-state index in [2.05, 4.69) is 10.6 Å². The molecular formula is C15H14FN3O2. The number of rotatable bonds is 3. The maximum Gasteiger partial charge on any atom is 0.258 e. The predicted octanol–water partition coefficient (Wildman–Crippen LogP) is 2.02. The van der Waals surface area contributed by atoms with Gasteiger partial charge in [-0.15, -0.1) is 0 Å². The topological polar surface area (TPSA) is 84.2 Å². The van der Waals surface area contributed by atoms with Crippen LogP contribution in [0.2, 0.25) is 0 Å². The van der Waals surface area contributed by atoms with Crippen molar-refractivity contribution >= 4 is 23.2 Å². The third-order valence-electron chi connectivity index (χ3n) is 2.88. The average molecular weight is 287 g/mol. The Labute approximate surface area is 121 Å². The molecule has 108 valence electrons. The van der Waals surface area contributed by atoms with Gasteiger partial charge in [0, 0.05) is 12.7 Å². The molecule has 0 spiro atoms. The van der Waals surface area contributed by atoms with Crippen LogP contribution in [0.5, 0.6) is 0 Å². The number of benzene rings is 2. The van der Waals surface area contributed by atoms with Crippen LogP contribution in [-0.2, 0) is 0 Å². The Hall–Kier alpha value is -2.89. The zero-order valence-electron chi connectivity index (χ0n) is 11.3. The van der Waals surface area contributed by atoms with E-state index in [4.69, 9.17) is 5.73 Å². The largest absolute Gasteiger partial charge is 0.399 e. The first-order chi connectivity index (χ1) is 10.0. The molecule has 0 fully saturated rings. The Bertz CT molecular complexity index is 701. The third kappa shape index (κ3) is 3.17. The molecule has 2 aromatic rings. The van der Waals surface area contributed by atoms with Gasteiger partial charge in [0.1, 0.15) is 5.82 Å². The summed E-state index contributed by atoms with van der Waals surface area (Å²) < 4.78 is 13.7. The number of hydrogen-bond donors (Lipinski definition) is 3. The van der Waals surface area contributed by atoms with Crippen molar-refractivity contribution in [2.45, 2.75) is 0 Å². The normalized spacial score (nSPS) is 10.0. The van der Waals surface area contributed by atoms with Crippen LogP contribution in [0.3, 0.4) is 0 Å². The van der Waals surface area contributed by atoms with Crippen LogP contribution in [0.1, 0.15) is 20.7 Å². The lowest BCUT2D eigenvalue weighted by Crippen LogP contribution is -2.22. The van der Waals surface area contributed by atoms with Crippen LogP contribution in [0.25, 0.3) is 0 Å². The standard InChI is InChI=1S/C15H14FN3O2/c1-18-14(20)10-4-2-3-5-13(10)19-15(21)11-8-9(17)6-7-12(11)16/h2-8H,17H2,1H3,(H,18,20)(H,19,21). The summed E-state index contributed by atoms with van der Waals surface area (Å²) >= 11 is 0. The summed E-state index contributed by atoms with van der Waals surface area (Å²) in [7, 11) is 1.48. The number of nitrogen functional groups attached to an aromatic ring is 1. The smallest absolute Gasteiger partial charge is 0.258 e. The van der Waals surface area contributed by atoms with Crippen LogP contribution in [0, 0.1) is 5.82 Å². The molecule has 5 nitrogen and oxygen atoms in total. The summed E-state index contributed by atoms with van der Waals surface area (Å²) in [6.07, 6.45) is 0. The maximum atomic E-state index is 13.7. The number of amides is 2. The quantitative estimate of drug-likeness (QED) is 0.755. The Morgan fingerprint density at radius 1 is 1.05 bits per heavy atom. The van der Waals surface area contributed by atoms with Crippen LogP contribution in [0.15, 0.2) is 42.5 Å². The summed E-state index contributed by atoms with van der Waals surface area (Å²) in [6.45, 7) is 0. The van der Waals surface area contributed by atoms with E-state index in [1.165, 1.54) is 19.2 Å². The first-order valence-corrected chi connectivity index (χ1v) is 6.20. The predicted molar refractivity (Wildman–Crippen MR) is 78.6 cm³/mol. The highest BCUT2D eigenvalue weighted by atomic mass is 19.1. The lowest BCUT2D eigenvalue weighted by atomic mass is 10.1. The molecule has 0 bridgehead atoms. The molecule has 0 atom stereocenters. The molecule has 2 amide bonds. The van der Waals surface area contributed by atoms with E-state index >= 15 is 0 Å². The first kappa shape index (κ1) is 14.5. The molecule has 6 heteroatoms. The fourth-order valence-corrected chi connectivity index (χ4v) is 1.83. The van der Waals surface area contributed by atoms with Gasteiger partial charge in [0.25, 0.3) is 11.8 Å². The van der Waals surface area contributed by atoms with Crippen LogP contribution >= 0.6 is 0 Å². The number of carbonyl (C=O) groups is 2. The van der Waals surface area contributed by atoms with Gasteiger partial charge in [-0.1, -0.05) is 12.1 Å². The minimum absolute atomic E-state index is 0.179. The summed E-state index contributed by atoms with van der Waals surface area (Å²) in [5.74, 6) is -1.70. The number of halogens is 1. The summed E-state index contributed by atoms with van der Waals surface area (Å²) in [5.41, 5.74) is 6.23. The molecule has 0 heterocycles. The van der Waals surface area contributed by atoms with Crippen molar-refractivity contribution in [2.24, 2.45) is 0 Å². The van der Waals surface area contributed by atoms with Crippen molar-refractivity contribution in [3.8, 4) is 0 Å². The molecule has 0 aliphatic carbocycles. The van der Waals surface area contributed by atoms with Gasteiger partial charge in [0.15, 0.2) is 0 Å². The Morgan fingerprint density at radius 3 is 2.48 bits per heavy atom. The van der Waals surface area contributed by atoms with Gasteiger partial charge in [0.2, 0.25) is 0 Å². The van der Waals surface area contributed by atoms with Gasteiger partial charge in [0.05, 0.1) is 16.8 Å². The summed E-state index contributed by atoms with van der Waals surface area (Å²) in [4.78, 5) is 23.8. The van der Waals surface area contributed by atoms with E-state index in [1.807, 2.05) is 0 Å². The molecular weight excluding hydrogens is 273 g/mol. The number of hydrogen-bond acceptors (Lipinski definition) is 3. The minimum atomic E-state index is -0.681. The second-order valence-electron chi connectivity index (χ2n) is 4.32. The molecule has 4 N–H and O–H groups in total. The first-order valence-electron chi connectivity index (χ1n) is 6.20. The second-order valence-corrected chi connectivity index (χ2v) is 4.32. The molecule has 0 aliphatic rings. The molecule has 0 radical (unpaired) electrons. The lowest BCUT2D eigenvalue weighted by Gasteiger charge is -2.10. The van der Waals surface area contributed by atoms with Gasteiger partial charge in [-0.2, -0.15) is 0 Å². The van der Waals surface area contributed by atoms with Gasteiger partial charge < -0.3 is 16.4 Å². The lowest BCUT2D eigenvalue weighted by molar-refractivity contribution is 0.0964. The number of anilines is 2. The number of para-hydroxylation sites is 1. The zero-order valence-corrected chi connectivity index (χ0v) is 11.3. The van der Waals surface area contributed by atoms with Gasteiger partial charge >= 0.3 is 0 Å². The van der Waals surface area contributed by atoms with Gasteiger partial charge in [-0.25, -0.2) is 4.39 Å². The van der Waals surface area contributed by atoms with E-state index in [9.17, 15) is 14.0 Å². The SMILES string of the molecule is CNC(=O)c1ccccc1NC(=O)c1cc(N)ccc1F. The second kappa shape index (κ2) is 6.04. The van der Waals surface area contributed by atoms with Crippen LogP contribution in [-0.4, -0.2) is 18.9 Å². The van der Waals surface area contributed by atoms with Crippen molar-refractivity contribution in [3.63, 3.8) is 0 Å². The molecule has 21 heavy (non-hydrogen) atoms. The van der Waals surface area contributed by atoms with E-state index in [0.29, 0.717) is 5.69 Å². The van der Waals surface area contributed by atoms with Crippen molar-refractivity contribution < 1.29 is 14.0 Å². The molecule has 0 saturated heterocycles. The van der Waals surface area contributed by atoms with Crippen LogP contribution < -0.4 is 16.4 Å².